The summed E-state index contributed by atoms with van der Waals surface area (Å²) in [4.78, 5) is 20.3. The highest BCUT2D eigenvalue weighted by molar-refractivity contribution is 5.93. The van der Waals surface area contributed by atoms with Crippen molar-refractivity contribution >= 4 is 17.4 Å². The molecule has 0 aliphatic rings. The molecule has 0 radical (unpaired) electrons. The zero-order valence-electron chi connectivity index (χ0n) is 14.2. The van der Waals surface area contributed by atoms with Crippen LogP contribution in [0.15, 0.2) is 30.6 Å². The first kappa shape index (κ1) is 16.9. The lowest BCUT2D eigenvalue weighted by molar-refractivity contribution is 0.0948. The predicted octanol–water partition coefficient (Wildman–Crippen LogP) is 3.79. The number of aromatic nitrogens is 2. The van der Waals surface area contributed by atoms with Crippen LogP contribution in [0.1, 0.15) is 54.7 Å². The molecule has 23 heavy (non-hydrogen) atoms. The molecule has 5 heteroatoms. The minimum Gasteiger partial charge on any atom is -0.351 e. The summed E-state index contributed by atoms with van der Waals surface area (Å²) in [6.07, 6.45) is 2.30. The van der Waals surface area contributed by atoms with E-state index in [0.717, 1.165) is 17.7 Å². The van der Waals surface area contributed by atoms with Crippen molar-refractivity contribution in [3.8, 4) is 0 Å². The fourth-order valence-corrected chi connectivity index (χ4v) is 2.35. The van der Waals surface area contributed by atoms with Crippen molar-refractivity contribution < 1.29 is 4.79 Å². The smallest absolute Gasteiger partial charge is 0.270 e. The Balaban J connectivity index is 2.26. The van der Waals surface area contributed by atoms with Gasteiger partial charge in [-0.3, -0.25) is 4.79 Å². The molecule has 2 aromatic rings. The van der Waals surface area contributed by atoms with Crippen molar-refractivity contribution in [3.05, 3.63) is 47.4 Å². The van der Waals surface area contributed by atoms with E-state index in [1.807, 2.05) is 6.92 Å². The van der Waals surface area contributed by atoms with Gasteiger partial charge in [-0.25, -0.2) is 9.97 Å². The van der Waals surface area contributed by atoms with Crippen LogP contribution in [0.25, 0.3) is 0 Å². The van der Waals surface area contributed by atoms with Crippen LogP contribution in [-0.2, 0) is 0 Å². The van der Waals surface area contributed by atoms with E-state index in [2.05, 4.69) is 59.6 Å². The number of para-hydroxylation sites is 1. The molecule has 1 amide bonds. The van der Waals surface area contributed by atoms with Gasteiger partial charge in [-0.2, -0.15) is 0 Å². The second kappa shape index (κ2) is 7.72. The van der Waals surface area contributed by atoms with Crippen LogP contribution in [0.3, 0.4) is 0 Å². The summed E-state index contributed by atoms with van der Waals surface area (Å²) in [5.74, 6) is 0.843. The first-order chi connectivity index (χ1) is 11.0. The average Bonchev–Trinajstić information content (AvgIpc) is 2.54. The first-order valence-corrected chi connectivity index (χ1v) is 7.99. The summed E-state index contributed by atoms with van der Waals surface area (Å²) >= 11 is 0. The molecule has 2 N–H and O–H groups in total. The lowest BCUT2D eigenvalue weighted by atomic mass is 9.98. The Morgan fingerprint density at radius 2 is 2.04 bits per heavy atom. The molecule has 1 aromatic heterocycles. The molecule has 0 aliphatic heterocycles. The van der Waals surface area contributed by atoms with E-state index >= 15 is 0 Å². The molecule has 0 aliphatic carbocycles. The Hall–Kier alpha value is -2.43. The lowest BCUT2D eigenvalue weighted by Gasteiger charge is -2.17. The third kappa shape index (κ3) is 4.28. The summed E-state index contributed by atoms with van der Waals surface area (Å²) in [5.41, 5.74) is 3.78. The minimum absolute atomic E-state index is 0.175. The van der Waals surface area contributed by atoms with Crippen LogP contribution in [0.4, 0.5) is 11.5 Å². The predicted molar refractivity (Wildman–Crippen MR) is 93.2 cm³/mol. The monoisotopic (exact) mass is 312 g/mol. The second-order valence-electron chi connectivity index (χ2n) is 5.86. The quantitative estimate of drug-likeness (QED) is 0.851. The van der Waals surface area contributed by atoms with Gasteiger partial charge in [0.1, 0.15) is 17.8 Å². The van der Waals surface area contributed by atoms with Gasteiger partial charge in [0.25, 0.3) is 5.91 Å². The average molecular weight is 312 g/mol. The van der Waals surface area contributed by atoms with E-state index in [0.29, 0.717) is 24.0 Å². The number of nitrogens with one attached hydrogen (secondary N) is 2. The largest absolute Gasteiger partial charge is 0.351 e. The Morgan fingerprint density at radius 1 is 1.26 bits per heavy atom. The summed E-state index contributed by atoms with van der Waals surface area (Å²) in [5, 5.41) is 6.17. The van der Waals surface area contributed by atoms with Crippen LogP contribution < -0.4 is 10.6 Å². The maximum absolute atomic E-state index is 12.0. The number of anilines is 2. The van der Waals surface area contributed by atoms with Crippen LogP contribution in [-0.4, -0.2) is 22.4 Å². The van der Waals surface area contributed by atoms with Crippen molar-refractivity contribution in [3.63, 3.8) is 0 Å². The van der Waals surface area contributed by atoms with Crippen LogP contribution >= 0.6 is 0 Å². The Morgan fingerprint density at radius 3 is 2.74 bits per heavy atom. The zero-order valence-corrected chi connectivity index (χ0v) is 14.2. The van der Waals surface area contributed by atoms with Crippen LogP contribution in [0.5, 0.6) is 0 Å². The molecule has 0 spiro atoms. The number of carbonyl (C=O) groups is 1. The van der Waals surface area contributed by atoms with Gasteiger partial charge in [-0.15, -0.1) is 0 Å². The van der Waals surface area contributed by atoms with Gasteiger partial charge in [-0.05, 0) is 30.4 Å². The lowest BCUT2D eigenvalue weighted by Crippen LogP contribution is -2.25. The maximum Gasteiger partial charge on any atom is 0.270 e. The van der Waals surface area contributed by atoms with E-state index in [1.165, 1.54) is 11.9 Å². The molecule has 0 atom stereocenters. The molecule has 2 rings (SSSR count). The van der Waals surface area contributed by atoms with E-state index < -0.39 is 0 Å². The topological polar surface area (TPSA) is 66.9 Å². The van der Waals surface area contributed by atoms with E-state index in [4.69, 9.17) is 0 Å². The molecule has 1 heterocycles. The number of benzene rings is 1. The van der Waals surface area contributed by atoms with Gasteiger partial charge in [0.2, 0.25) is 0 Å². The number of hydrogen-bond donors (Lipinski definition) is 2. The molecule has 0 bridgehead atoms. The maximum atomic E-state index is 12.0. The van der Waals surface area contributed by atoms with Crippen molar-refractivity contribution in [2.75, 3.05) is 11.9 Å². The molecule has 0 unspecified atom stereocenters. The SMILES string of the molecule is CCCNC(=O)c1cc(Nc2c(C)cccc2C(C)C)ncn1. The Bertz CT molecular complexity index is 682. The molecular weight excluding hydrogens is 288 g/mol. The van der Waals surface area contributed by atoms with Crippen LogP contribution in [0, 0.1) is 6.92 Å². The van der Waals surface area contributed by atoms with Crippen LogP contribution in [0.2, 0.25) is 0 Å². The molecule has 0 saturated carbocycles. The van der Waals surface area contributed by atoms with Gasteiger partial charge >= 0.3 is 0 Å². The normalized spacial score (nSPS) is 10.7. The summed E-state index contributed by atoms with van der Waals surface area (Å²) in [6.45, 7) is 9.02. The van der Waals surface area contributed by atoms with Gasteiger partial charge < -0.3 is 10.6 Å². The first-order valence-electron chi connectivity index (χ1n) is 7.99. The van der Waals surface area contributed by atoms with Gasteiger partial charge in [0.05, 0.1) is 0 Å². The van der Waals surface area contributed by atoms with Crippen molar-refractivity contribution in [2.45, 2.75) is 40.0 Å². The van der Waals surface area contributed by atoms with Crippen molar-refractivity contribution in [1.29, 1.82) is 0 Å². The summed E-state index contributed by atoms with van der Waals surface area (Å²) in [7, 11) is 0. The van der Waals surface area contributed by atoms with E-state index in [9.17, 15) is 4.79 Å². The molecular formula is C18H24N4O. The Labute approximate surface area is 137 Å². The highest BCUT2D eigenvalue weighted by Crippen LogP contribution is 2.29. The number of nitrogens with zero attached hydrogens (tertiary/aromatic N) is 2. The fourth-order valence-electron chi connectivity index (χ4n) is 2.35. The molecule has 122 valence electrons. The van der Waals surface area contributed by atoms with Crippen molar-refractivity contribution in [1.82, 2.24) is 15.3 Å². The molecule has 5 nitrogen and oxygen atoms in total. The summed E-state index contributed by atoms with van der Waals surface area (Å²) in [6, 6.07) is 7.90. The van der Waals surface area contributed by atoms with E-state index in [-0.39, 0.29) is 5.91 Å². The highest BCUT2D eigenvalue weighted by atomic mass is 16.1. The Kier molecular flexibility index (Phi) is 5.68. The highest BCUT2D eigenvalue weighted by Gasteiger charge is 2.12. The zero-order chi connectivity index (χ0) is 16.8. The van der Waals surface area contributed by atoms with Gasteiger partial charge in [0, 0.05) is 18.3 Å². The van der Waals surface area contributed by atoms with Crippen molar-refractivity contribution in [2.24, 2.45) is 0 Å². The van der Waals surface area contributed by atoms with Gasteiger partial charge in [-0.1, -0.05) is 39.0 Å². The van der Waals surface area contributed by atoms with E-state index in [1.54, 1.807) is 6.07 Å². The second-order valence-corrected chi connectivity index (χ2v) is 5.86. The molecule has 0 saturated heterocycles. The number of amides is 1. The third-order valence-electron chi connectivity index (χ3n) is 3.62. The molecule has 1 aromatic carbocycles. The molecule has 0 fully saturated rings. The number of carbonyl (C=O) groups excluding carboxylic acids is 1. The van der Waals surface area contributed by atoms with Gasteiger partial charge in [0.15, 0.2) is 0 Å². The standard InChI is InChI=1S/C18H24N4O/c1-5-9-19-18(23)15-10-16(21-11-20-15)22-17-13(4)7-6-8-14(17)12(2)3/h6-8,10-12H,5,9H2,1-4H3,(H,19,23)(H,20,21,22). The number of rotatable bonds is 6. The fraction of sp³-hybridized carbons (Fsp3) is 0.389. The summed E-state index contributed by atoms with van der Waals surface area (Å²) < 4.78 is 0. The minimum atomic E-state index is -0.175. The number of aryl methyl sites for hydroxylation is 1. The number of hydrogen-bond acceptors (Lipinski definition) is 4. The third-order valence-corrected chi connectivity index (χ3v) is 3.62.